The molecule has 1 aromatic heterocycles. The third kappa shape index (κ3) is 2.97. The van der Waals surface area contributed by atoms with Gasteiger partial charge in [0, 0.05) is 18.5 Å². The van der Waals surface area contributed by atoms with Crippen LogP contribution < -0.4 is 0 Å². The molecule has 0 aliphatic carbocycles. The first kappa shape index (κ1) is 15.7. The lowest BCUT2D eigenvalue weighted by molar-refractivity contribution is -0.145. The van der Waals surface area contributed by atoms with Gasteiger partial charge in [-0.15, -0.1) is 0 Å². The van der Waals surface area contributed by atoms with Gasteiger partial charge in [0.15, 0.2) is 0 Å². The molecule has 5 heteroatoms. The van der Waals surface area contributed by atoms with Crippen LogP contribution in [0.4, 0.5) is 0 Å². The fraction of sp³-hybridized carbons (Fsp3) is 0.300. The molecule has 2 heterocycles. The van der Waals surface area contributed by atoms with Gasteiger partial charge in [0.2, 0.25) is 5.91 Å². The summed E-state index contributed by atoms with van der Waals surface area (Å²) >= 11 is 0. The van der Waals surface area contributed by atoms with Gasteiger partial charge in [-0.1, -0.05) is 30.3 Å². The van der Waals surface area contributed by atoms with E-state index >= 15 is 0 Å². The van der Waals surface area contributed by atoms with Crippen molar-refractivity contribution in [2.45, 2.75) is 19.3 Å². The van der Waals surface area contributed by atoms with Crippen molar-refractivity contribution in [1.29, 1.82) is 0 Å². The Morgan fingerprint density at radius 2 is 2.00 bits per heavy atom. The maximum absolute atomic E-state index is 12.5. The summed E-state index contributed by atoms with van der Waals surface area (Å²) in [6.07, 6.45) is 1.53. The number of benzene rings is 2. The number of hydrogen-bond acceptors (Lipinski definition) is 3. The molecule has 3 aromatic rings. The second kappa shape index (κ2) is 6.24. The number of carbonyl (C=O) groups excluding carboxylic acids is 1. The predicted molar refractivity (Wildman–Crippen MR) is 94.4 cm³/mol. The minimum absolute atomic E-state index is 0.0747. The van der Waals surface area contributed by atoms with E-state index in [4.69, 9.17) is 9.52 Å². The zero-order valence-corrected chi connectivity index (χ0v) is 13.8. The highest BCUT2D eigenvalue weighted by molar-refractivity contribution is 6.06. The van der Waals surface area contributed by atoms with Gasteiger partial charge in [0.1, 0.15) is 11.3 Å². The van der Waals surface area contributed by atoms with E-state index in [0.717, 1.165) is 28.2 Å². The Hall–Kier alpha value is -2.82. The Kier molecular flexibility index (Phi) is 3.92. The number of amides is 1. The molecule has 0 spiro atoms. The quantitative estimate of drug-likeness (QED) is 0.794. The van der Waals surface area contributed by atoms with Crippen LogP contribution in [0.25, 0.3) is 21.7 Å². The molecule has 1 N–H and O–H groups in total. The third-order valence-electron chi connectivity index (χ3n) is 4.93. The summed E-state index contributed by atoms with van der Waals surface area (Å²) in [6.45, 7) is 0.906. The van der Waals surface area contributed by atoms with Crippen LogP contribution in [0, 0.1) is 5.92 Å². The number of hydrogen-bond donors (Lipinski definition) is 1. The number of fused-ring (bicyclic) bond motifs is 3. The minimum Gasteiger partial charge on any atom is -0.481 e. The first-order chi connectivity index (χ1) is 12.1. The second-order valence-corrected chi connectivity index (χ2v) is 6.61. The molecule has 1 fully saturated rings. The van der Waals surface area contributed by atoms with Crippen molar-refractivity contribution in [3.05, 3.63) is 48.2 Å². The van der Waals surface area contributed by atoms with Crippen LogP contribution in [0.15, 0.2) is 46.9 Å². The molecule has 0 saturated carbocycles. The van der Waals surface area contributed by atoms with E-state index in [1.54, 1.807) is 4.90 Å². The molecule has 2 aromatic carbocycles. The number of carboxylic acids is 1. The summed E-state index contributed by atoms with van der Waals surface area (Å²) < 4.78 is 5.85. The van der Waals surface area contributed by atoms with Crippen molar-refractivity contribution >= 4 is 33.6 Å². The molecule has 1 atom stereocenters. The van der Waals surface area contributed by atoms with Crippen molar-refractivity contribution in [3.8, 4) is 0 Å². The zero-order chi connectivity index (χ0) is 17.4. The van der Waals surface area contributed by atoms with E-state index in [2.05, 4.69) is 0 Å². The normalized spacial score (nSPS) is 17.9. The lowest BCUT2D eigenvalue weighted by Crippen LogP contribution is -2.42. The lowest BCUT2D eigenvalue weighted by Gasteiger charge is -2.30. The Labute approximate surface area is 144 Å². The number of carbonyl (C=O) groups is 2. The number of aliphatic carboxylic acids is 1. The van der Waals surface area contributed by atoms with Gasteiger partial charge in [0.05, 0.1) is 12.3 Å². The maximum atomic E-state index is 12.5. The highest BCUT2D eigenvalue weighted by Crippen LogP contribution is 2.28. The van der Waals surface area contributed by atoms with Gasteiger partial charge in [0.25, 0.3) is 0 Å². The first-order valence-electron chi connectivity index (χ1n) is 8.52. The summed E-state index contributed by atoms with van der Waals surface area (Å²) in [4.78, 5) is 25.4. The fourth-order valence-electron chi connectivity index (χ4n) is 3.60. The summed E-state index contributed by atoms with van der Waals surface area (Å²) in [6, 6.07) is 13.9. The van der Waals surface area contributed by atoms with E-state index in [1.807, 2.05) is 42.5 Å². The molecule has 1 unspecified atom stereocenters. The van der Waals surface area contributed by atoms with Crippen molar-refractivity contribution in [1.82, 2.24) is 4.90 Å². The predicted octanol–water partition coefficient (Wildman–Crippen LogP) is 3.45. The zero-order valence-electron chi connectivity index (χ0n) is 13.8. The van der Waals surface area contributed by atoms with Crippen molar-refractivity contribution in [2.75, 3.05) is 13.1 Å². The van der Waals surface area contributed by atoms with E-state index in [1.165, 1.54) is 0 Å². The van der Waals surface area contributed by atoms with Gasteiger partial charge in [-0.25, -0.2) is 0 Å². The molecule has 1 amide bonds. The van der Waals surface area contributed by atoms with Crippen LogP contribution in [0.3, 0.4) is 0 Å². The minimum atomic E-state index is -0.826. The molecular formula is C20H19NO4. The molecule has 128 valence electrons. The smallest absolute Gasteiger partial charge is 0.308 e. The van der Waals surface area contributed by atoms with Gasteiger partial charge in [-0.3, -0.25) is 9.59 Å². The first-order valence-corrected chi connectivity index (χ1v) is 8.52. The third-order valence-corrected chi connectivity index (χ3v) is 4.93. The summed E-state index contributed by atoms with van der Waals surface area (Å²) in [5.74, 6) is -0.742. The number of nitrogens with zero attached hydrogens (tertiary/aromatic N) is 1. The van der Waals surface area contributed by atoms with Crippen LogP contribution in [0.1, 0.15) is 18.6 Å². The van der Waals surface area contributed by atoms with Gasteiger partial charge in [-0.2, -0.15) is 0 Å². The number of likely N-dealkylation sites (tertiary alicyclic amines) is 1. The average molecular weight is 337 g/mol. The Balaban J connectivity index is 1.57. The van der Waals surface area contributed by atoms with Crippen LogP contribution in [0.5, 0.6) is 0 Å². The monoisotopic (exact) mass is 337 g/mol. The maximum Gasteiger partial charge on any atom is 0.308 e. The molecule has 5 nitrogen and oxygen atoms in total. The average Bonchev–Trinajstić information content (AvgIpc) is 3.04. The van der Waals surface area contributed by atoms with E-state index in [-0.39, 0.29) is 18.9 Å². The lowest BCUT2D eigenvalue weighted by atomic mass is 9.98. The Morgan fingerprint density at radius 3 is 2.84 bits per heavy atom. The van der Waals surface area contributed by atoms with E-state index in [9.17, 15) is 9.59 Å². The molecule has 4 rings (SSSR count). The topological polar surface area (TPSA) is 70.8 Å². The SMILES string of the molecule is O=C(O)C1CCCN(C(=O)Cc2cc3c(ccc4ccccc43)o2)C1. The second-order valence-electron chi connectivity index (χ2n) is 6.61. The van der Waals surface area contributed by atoms with Gasteiger partial charge in [-0.05, 0) is 35.7 Å². The number of piperidine rings is 1. The number of furan rings is 1. The van der Waals surface area contributed by atoms with Gasteiger partial charge >= 0.3 is 5.97 Å². The Bertz CT molecular complexity index is 959. The van der Waals surface area contributed by atoms with Crippen molar-refractivity contribution in [2.24, 2.45) is 5.92 Å². The summed E-state index contributed by atoms with van der Waals surface area (Å²) in [5.41, 5.74) is 0.767. The van der Waals surface area contributed by atoms with Gasteiger partial charge < -0.3 is 14.4 Å². The van der Waals surface area contributed by atoms with E-state index in [0.29, 0.717) is 18.7 Å². The van der Waals surface area contributed by atoms with E-state index < -0.39 is 11.9 Å². The molecule has 0 bridgehead atoms. The standard InChI is InChI=1S/C20H19NO4/c22-19(21-9-3-5-14(12-21)20(23)24)11-15-10-17-16-6-2-1-4-13(16)7-8-18(17)25-15/h1-2,4,6-8,10,14H,3,5,9,11-12H2,(H,23,24). The Morgan fingerprint density at radius 1 is 1.16 bits per heavy atom. The largest absolute Gasteiger partial charge is 0.481 e. The molecule has 0 radical (unpaired) electrons. The van der Waals surface area contributed by atoms with Crippen LogP contribution >= 0.6 is 0 Å². The molecule has 1 aliphatic heterocycles. The number of carboxylic acid groups (broad SMARTS) is 1. The molecular weight excluding hydrogens is 318 g/mol. The summed E-state index contributed by atoms with van der Waals surface area (Å²) in [5, 5.41) is 12.4. The van der Waals surface area contributed by atoms with Crippen LogP contribution in [0.2, 0.25) is 0 Å². The molecule has 1 aliphatic rings. The van der Waals surface area contributed by atoms with Crippen molar-refractivity contribution < 1.29 is 19.1 Å². The highest BCUT2D eigenvalue weighted by Gasteiger charge is 2.28. The number of rotatable bonds is 3. The molecule has 1 saturated heterocycles. The van der Waals surface area contributed by atoms with Crippen LogP contribution in [-0.4, -0.2) is 35.0 Å². The van der Waals surface area contributed by atoms with Crippen molar-refractivity contribution in [3.63, 3.8) is 0 Å². The summed E-state index contributed by atoms with van der Waals surface area (Å²) in [7, 11) is 0. The fourth-order valence-corrected chi connectivity index (χ4v) is 3.60. The molecule has 25 heavy (non-hydrogen) atoms. The van der Waals surface area contributed by atoms with Crippen LogP contribution in [-0.2, 0) is 16.0 Å². The highest BCUT2D eigenvalue weighted by atomic mass is 16.4.